The van der Waals surface area contributed by atoms with E-state index < -0.39 is 104 Å². The molecule has 2 heterocycles. The van der Waals surface area contributed by atoms with Gasteiger partial charge in [-0.05, 0) is 24.3 Å². The molecule has 0 spiro atoms. The van der Waals surface area contributed by atoms with E-state index in [0.717, 1.165) is 6.92 Å². The first-order valence-electron chi connectivity index (χ1n) is 12.7. The third kappa shape index (κ3) is 6.71. The fourth-order valence-corrected chi connectivity index (χ4v) is 5.15. The summed E-state index contributed by atoms with van der Waals surface area (Å²) in [5.41, 5.74) is -3.05. The summed E-state index contributed by atoms with van der Waals surface area (Å²) in [7, 11) is 1.44. The first kappa shape index (κ1) is 32.8. The van der Waals surface area contributed by atoms with Crippen molar-refractivity contribution in [2.75, 3.05) is 20.3 Å². The number of aliphatic hydroxyl groups is 7. The van der Waals surface area contributed by atoms with Gasteiger partial charge in [-0.15, -0.1) is 0 Å². The number of carbonyl (C=O) groups excluding carboxylic acids is 1. The van der Waals surface area contributed by atoms with E-state index in [1.54, 1.807) is 0 Å². The van der Waals surface area contributed by atoms with Crippen molar-refractivity contribution in [3.63, 3.8) is 0 Å². The number of hydrogen-bond donors (Lipinski definition) is 9. The third-order valence-electron chi connectivity index (χ3n) is 7.31. The SMILES string of the molecule is COc1ccc(O[C@@H]2O[C@H](CO)[C@H]([C@@H](F)[C@]3(C(=O)O)C[C@H](O)[C@@H](NC(C)=O)[C@H]([C@H](O)[C@H](O)CO)O3)[C@H](O)[C@H]2O)cc1. The van der Waals surface area contributed by atoms with Gasteiger partial charge in [0.2, 0.25) is 12.2 Å². The number of carbonyl (C=O) groups is 2. The van der Waals surface area contributed by atoms with E-state index in [1.165, 1.54) is 31.4 Å². The Balaban J connectivity index is 1.93. The number of aliphatic hydroxyl groups excluding tert-OH is 7. The largest absolute Gasteiger partial charge is 0.497 e. The van der Waals surface area contributed by atoms with Crippen molar-refractivity contribution < 1.29 is 73.8 Å². The number of ether oxygens (including phenoxy) is 4. The normalized spacial score (nSPS) is 36.0. The van der Waals surface area contributed by atoms with E-state index in [4.69, 9.17) is 18.9 Å². The summed E-state index contributed by atoms with van der Waals surface area (Å²) in [4.78, 5) is 24.3. The lowest BCUT2D eigenvalue weighted by Crippen LogP contribution is -2.72. The Morgan fingerprint density at radius 1 is 1.12 bits per heavy atom. The number of benzene rings is 1. The zero-order valence-corrected chi connectivity index (χ0v) is 22.2. The van der Waals surface area contributed by atoms with Crippen LogP contribution in [0.15, 0.2) is 24.3 Å². The molecule has 0 bridgehead atoms. The topological polar surface area (TPSA) is 245 Å². The zero-order chi connectivity index (χ0) is 30.6. The van der Waals surface area contributed by atoms with Crippen molar-refractivity contribution in [2.45, 2.75) is 80.2 Å². The molecule has 2 saturated heterocycles. The molecule has 0 aliphatic carbocycles. The van der Waals surface area contributed by atoms with Crippen LogP contribution in [0.25, 0.3) is 0 Å². The van der Waals surface area contributed by atoms with Crippen LogP contribution in [0.5, 0.6) is 11.5 Å². The van der Waals surface area contributed by atoms with Gasteiger partial charge in [-0.1, -0.05) is 0 Å². The average molecular weight is 594 g/mol. The van der Waals surface area contributed by atoms with Crippen LogP contribution in [0.4, 0.5) is 4.39 Å². The van der Waals surface area contributed by atoms with Crippen molar-refractivity contribution in [1.82, 2.24) is 5.32 Å². The number of hydrogen-bond acceptors (Lipinski definition) is 13. The number of rotatable bonds is 11. The molecule has 41 heavy (non-hydrogen) atoms. The molecule has 2 fully saturated rings. The molecule has 16 heteroatoms. The number of aliphatic carboxylic acids is 1. The van der Waals surface area contributed by atoms with Gasteiger partial charge in [0.25, 0.3) is 0 Å². The fraction of sp³-hybridized carbons (Fsp3) is 0.680. The quantitative estimate of drug-likeness (QED) is 0.122. The van der Waals surface area contributed by atoms with Crippen LogP contribution < -0.4 is 14.8 Å². The number of amides is 1. The molecule has 12 atom stereocenters. The molecular formula is C25H36FNO14. The van der Waals surface area contributed by atoms with E-state index in [1.807, 2.05) is 0 Å². The Kier molecular flexibility index (Phi) is 10.8. The number of carboxylic acid groups (broad SMARTS) is 1. The van der Waals surface area contributed by atoms with Gasteiger partial charge in [0.15, 0.2) is 5.60 Å². The molecule has 232 valence electrons. The van der Waals surface area contributed by atoms with E-state index in [2.05, 4.69) is 5.32 Å². The van der Waals surface area contributed by atoms with Gasteiger partial charge in [-0.2, -0.15) is 0 Å². The average Bonchev–Trinajstić information content (AvgIpc) is 2.95. The van der Waals surface area contributed by atoms with Crippen LogP contribution in [0.1, 0.15) is 13.3 Å². The van der Waals surface area contributed by atoms with Crippen LogP contribution in [0.2, 0.25) is 0 Å². The Hall–Kier alpha value is -2.67. The molecule has 0 unspecified atom stereocenters. The summed E-state index contributed by atoms with van der Waals surface area (Å²) in [5, 5.41) is 84.7. The summed E-state index contributed by atoms with van der Waals surface area (Å²) >= 11 is 0. The molecule has 1 amide bonds. The van der Waals surface area contributed by atoms with Crippen LogP contribution in [0, 0.1) is 5.92 Å². The van der Waals surface area contributed by atoms with E-state index in [0.29, 0.717) is 5.75 Å². The Labute approximate surface area is 233 Å². The van der Waals surface area contributed by atoms with Crippen molar-refractivity contribution in [3.8, 4) is 11.5 Å². The minimum Gasteiger partial charge on any atom is -0.497 e. The Morgan fingerprint density at radius 3 is 2.24 bits per heavy atom. The number of nitrogens with one attached hydrogen (secondary N) is 1. The summed E-state index contributed by atoms with van der Waals surface area (Å²) in [6, 6.07) is 4.42. The van der Waals surface area contributed by atoms with Gasteiger partial charge < -0.3 is 65.1 Å². The van der Waals surface area contributed by atoms with Gasteiger partial charge >= 0.3 is 5.97 Å². The second-order valence-electron chi connectivity index (χ2n) is 9.99. The summed E-state index contributed by atoms with van der Waals surface area (Å²) in [5.74, 6) is -4.09. The minimum absolute atomic E-state index is 0.151. The maximum atomic E-state index is 16.4. The number of carboxylic acids is 1. The van der Waals surface area contributed by atoms with Gasteiger partial charge in [0.1, 0.15) is 42.1 Å². The van der Waals surface area contributed by atoms with Crippen molar-refractivity contribution in [3.05, 3.63) is 24.3 Å². The smallest absolute Gasteiger partial charge is 0.339 e. The highest BCUT2D eigenvalue weighted by Gasteiger charge is 2.64. The number of halogens is 1. The minimum atomic E-state index is -3.05. The molecular weight excluding hydrogens is 557 g/mol. The second kappa shape index (κ2) is 13.5. The predicted molar refractivity (Wildman–Crippen MR) is 132 cm³/mol. The summed E-state index contributed by atoms with van der Waals surface area (Å²) < 4.78 is 38.0. The first-order valence-corrected chi connectivity index (χ1v) is 12.7. The van der Waals surface area contributed by atoms with Crippen molar-refractivity contribution in [1.29, 1.82) is 0 Å². The standard InChI is InChI=1S/C25H36FNO14/c1-10(30)27-17-13(31)7-25(24(36)37,41-21(17)18(33)14(32)8-28)22(26)16-15(9-29)40-23(20(35)19(16)34)39-12-5-3-11(38-2)4-6-12/h3-6,13-23,28-29,31-35H,7-9H2,1-2H3,(H,27,30)(H,36,37)/t13-,14+,15+,16-,17+,18+,19-,20+,21+,22+,23+,25-/m0/s1. The first-order chi connectivity index (χ1) is 19.3. The van der Waals surface area contributed by atoms with Gasteiger partial charge in [-0.25, -0.2) is 9.18 Å². The van der Waals surface area contributed by atoms with Crippen LogP contribution in [-0.4, -0.2) is 140 Å². The third-order valence-corrected chi connectivity index (χ3v) is 7.31. The lowest BCUT2D eigenvalue weighted by molar-refractivity contribution is -0.296. The molecule has 9 N–H and O–H groups in total. The molecule has 15 nitrogen and oxygen atoms in total. The maximum Gasteiger partial charge on any atom is 0.339 e. The molecule has 0 aromatic heterocycles. The molecule has 2 aliphatic rings. The molecule has 2 aliphatic heterocycles. The second-order valence-corrected chi connectivity index (χ2v) is 9.99. The van der Waals surface area contributed by atoms with Crippen LogP contribution in [-0.2, 0) is 19.1 Å². The monoisotopic (exact) mass is 593 g/mol. The van der Waals surface area contributed by atoms with E-state index >= 15 is 4.39 Å². The van der Waals surface area contributed by atoms with Crippen LogP contribution in [0.3, 0.4) is 0 Å². The van der Waals surface area contributed by atoms with Crippen LogP contribution >= 0.6 is 0 Å². The molecule has 1 aromatic rings. The molecule has 0 saturated carbocycles. The zero-order valence-electron chi connectivity index (χ0n) is 22.2. The highest BCUT2D eigenvalue weighted by atomic mass is 19.1. The highest BCUT2D eigenvalue weighted by Crippen LogP contribution is 2.43. The molecule has 3 rings (SSSR count). The van der Waals surface area contributed by atoms with E-state index in [-0.39, 0.29) is 5.75 Å². The van der Waals surface area contributed by atoms with Gasteiger partial charge in [0.05, 0.1) is 50.6 Å². The maximum absolute atomic E-state index is 16.4. The van der Waals surface area contributed by atoms with E-state index in [9.17, 15) is 50.4 Å². The molecule has 1 aromatic carbocycles. The van der Waals surface area contributed by atoms with Crippen molar-refractivity contribution >= 4 is 11.9 Å². The summed E-state index contributed by atoms with van der Waals surface area (Å²) in [6.07, 6.45) is -19.1. The lowest BCUT2D eigenvalue weighted by Gasteiger charge is -2.51. The lowest BCUT2D eigenvalue weighted by atomic mass is 9.73. The summed E-state index contributed by atoms with van der Waals surface area (Å²) in [6.45, 7) is -0.963. The Bertz CT molecular complexity index is 1030. The fourth-order valence-electron chi connectivity index (χ4n) is 5.15. The van der Waals surface area contributed by atoms with Gasteiger partial charge in [0, 0.05) is 13.3 Å². The highest BCUT2D eigenvalue weighted by molar-refractivity contribution is 5.79. The Morgan fingerprint density at radius 2 is 1.73 bits per heavy atom. The molecule has 0 radical (unpaired) electrons. The van der Waals surface area contributed by atoms with Gasteiger partial charge in [-0.3, -0.25) is 4.79 Å². The predicted octanol–water partition coefficient (Wildman–Crippen LogP) is -3.34. The number of alkyl halides is 1. The van der Waals surface area contributed by atoms with Crippen molar-refractivity contribution in [2.24, 2.45) is 5.92 Å². The number of methoxy groups -OCH3 is 1.